The molecule has 28 heavy (non-hydrogen) atoms. The van der Waals surface area contributed by atoms with E-state index in [0.29, 0.717) is 41.0 Å². The van der Waals surface area contributed by atoms with E-state index >= 15 is 0 Å². The number of fused-ring (bicyclic) bond motifs is 1. The van der Waals surface area contributed by atoms with Gasteiger partial charge in [-0.1, -0.05) is 11.6 Å². The molecule has 0 atom stereocenters. The van der Waals surface area contributed by atoms with E-state index in [1.54, 1.807) is 24.3 Å². The molecule has 4 rings (SSSR count). The lowest BCUT2D eigenvalue weighted by Crippen LogP contribution is -2.12. The van der Waals surface area contributed by atoms with Gasteiger partial charge in [-0.25, -0.2) is 4.68 Å². The molecule has 144 valence electrons. The van der Waals surface area contributed by atoms with E-state index in [2.05, 4.69) is 10.4 Å². The third-order valence-electron chi connectivity index (χ3n) is 4.47. The second kappa shape index (κ2) is 7.56. The van der Waals surface area contributed by atoms with Crippen LogP contribution in [0.4, 0.5) is 5.69 Å². The first-order chi connectivity index (χ1) is 13.5. The van der Waals surface area contributed by atoms with E-state index in [0.717, 1.165) is 23.5 Å². The van der Waals surface area contributed by atoms with Gasteiger partial charge in [0.1, 0.15) is 0 Å². The van der Waals surface area contributed by atoms with Crippen molar-refractivity contribution in [1.82, 2.24) is 9.78 Å². The van der Waals surface area contributed by atoms with Crippen molar-refractivity contribution in [1.29, 1.82) is 0 Å². The summed E-state index contributed by atoms with van der Waals surface area (Å²) in [4.78, 5) is 12.7. The zero-order valence-corrected chi connectivity index (χ0v) is 16.4. The van der Waals surface area contributed by atoms with Gasteiger partial charge >= 0.3 is 0 Å². The number of carbonyl (C=O) groups is 1. The van der Waals surface area contributed by atoms with Gasteiger partial charge in [0.05, 0.1) is 35.3 Å². The predicted octanol–water partition coefficient (Wildman–Crippen LogP) is 4.56. The van der Waals surface area contributed by atoms with E-state index in [1.807, 2.05) is 36.7 Å². The number of halogens is 1. The summed E-state index contributed by atoms with van der Waals surface area (Å²) in [6.45, 7) is 5.09. The summed E-state index contributed by atoms with van der Waals surface area (Å²) in [5.74, 6) is 0.920. The van der Waals surface area contributed by atoms with Crippen LogP contribution in [0.5, 0.6) is 11.5 Å². The van der Waals surface area contributed by atoms with E-state index in [-0.39, 0.29) is 5.91 Å². The molecule has 1 aliphatic rings. The molecular weight excluding hydrogens is 378 g/mol. The van der Waals surface area contributed by atoms with Gasteiger partial charge in [-0.2, -0.15) is 5.10 Å². The molecule has 1 N–H and O–H groups in total. The number of amides is 1. The highest BCUT2D eigenvalue weighted by Gasteiger charge is 2.16. The SMILES string of the molecule is Cc1cc(C)n(-c2ccc(C(=O)Nc3cc4c(cc3Cl)OCCCO4)cc2)n1. The molecule has 0 bridgehead atoms. The number of aromatic nitrogens is 2. The average molecular weight is 398 g/mol. The molecule has 3 aromatic rings. The number of nitrogens with zero attached hydrogens (tertiary/aromatic N) is 2. The lowest BCUT2D eigenvalue weighted by molar-refractivity contribution is 0.102. The number of carbonyl (C=O) groups excluding carboxylic acids is 1. The Morgan fingerprint density at radius 3 is 2.39 bits per heavy atom. The lowest BCUT2D eigenvalue weighted by Gasteiger charge is -2.13. The number of rotatable bonds is 3. The maximum absolute atomic E-state index is 12.7. The van der Waals surface area contributed by atoms with Crippen LogP contribution in [0.3, 0.4) is 0 Å². The van der Waals surface area contributed by atoms with Crippen LogP contribution in [-0.2, 0) is 0 Å². The van der Waals surface area contributed by atoms with Crippen LogP contribution in [0, 0.1) is 13.8 Å². The molecule has 1 amide bonds. The Labute approximate surface area is 168 Å². The number of hydrogen-bond donors (Lipinski definition) is 1. The van der Waals surface area contributed by atoms with Crippen molar-refractivity contribution in [2.24, 2.45) is 0 Å². The van der Waals surface area contributed by atoms with Crippen LogP contribution in [0.1, 0.15) is 28.2 Å². The predicted molar refractivity (Wildman–Crippen MR) is 108 cm³/mol. The highest BCUT2D eigenvalue weighted by Crippen LogP contribution is 2.37. The average Bonchev–Trinajstić information content (AvgIpc) is 2.87. The molecule has 0 spiro atoms. The highest BCUT2D eigenvalue weighted by atomic mass is 35.5. The molecule has 1 aromatic heterocycles. The number of hydrogen-bond acceptors (Lipinski definition) is 4. The Hall–Kier alpha value is -2.99. The first kappa shape index (κ1) is 18.4. The topological polar surface area (TPSA) is 65.4 Å². The van der Waals surface area contributed by atoms with Gasteiger partial charge in [0.2, 0.25) is 0 Å². The standard InChI is InChI=1S/C21H20ClN3O3/c1-13-10-14(2)25(24-13)16-6-4-15(5-7-16)21(26)23-18-12-20-19(11-17(18)22)27-8-3-9-28-20/h4-7,10-12H,3,8-9H2,1-2H3,(H,23,26). The fraction of sp³-hybridized carbons (Fsp3) is 0.238. The molecule has 0 fully saturated rings. The minimum absolute atomic E-state index is 0.253. The Bertz CT molecular complexity index is 1030. The van der Waals surface area contributed by atoms with Gasteiger partial charge in [-0.3, -0.25) is 4.79 Å². The maximum Gasteiger partial charge on any atom is 0.255 e. The summed E-state index contributed by atoms with van der Waals surface area (Å²) in [6, 6.07) is 12.6. The van der Waals surface area contributed by atoms with Crippen molar-refractivity contribution in [2.75, 3.05) is 18.5 Å². The summed E-state index contributed by atoms with van der Waals surface area (Å²) in [5, 5.41) is 7.70. The van der Waals surface area contributed by atoms with Gasteiger partial charge in [0, 0.05) is 29.8 Å². The maximum atomic E-state index is 12.7. The van der Waals surface area contributed by atoms with Gasteiger partial charge < -0.3 is 14.8 Å². The van der Waals surface area contributed by atoms with Crippen molar-refractivity contribution in [3.63, 3.8) is 0 Å². The van der Waals surface area contributed by atoms with Gasteiger partial charge in [0.15, 0.2) is 11.5 Å². The zero-order chi connectivity index (χ0) is 19.7. The van der Waals surface area contributed by atoms with Gasteiger partial charge in [-0.15, -0.1) is 0 Å². The molecule has 0 saturated heterocycles. The van der Waals surface area contributed by atoms with E-state index in [9.17, 15) is 4.79 Å². The first-order valence-electron chi connectivity index (χ1n) is 9.05. The van der Waals surface area contributed by atoms with Crippen LogP contribution < -0.4 is 14.8 Å². The largest absolute Gasteiger partial charge is 0.490 e. The minimum Gasteiger partial charge on any atom is -0.490 e. The molecule has 7 heteroatoms. The fourth-order valence-electron chi connectivity index (χ4n) is 3.12. The normalized spacial score (nSPS) is 13.1. The summed E-state index contributed by atoms with van der Waals surface area (Å²) in [7, 11) is 0. The van der Waals surface area contributed by atoms with Crippen molar-refractivity contribution in [2.45, 2.75) is 20.3 Å². The van der Waals surface area contributed by atoms with Gasteiger partial charge in [0.25, 0.3) is 5.91 Å². The van der Waals surface area contributed by atoms with E-state index in [4.69, 9.17) is 21.1 Å². The van der Waals surface area contributed by atoms with Crippen LogP contribution in [-0.4, -0.2) is 28.9 Å². The number of ether oxygens (including phenoxy) is 2. The molecule has 2 heterocycles. The van der Waals surface area contributed by atoms with Crippen molar-refractivity contribution in [3.8, 4) is 17.2 Å². The minimum atomic E-state index is -0.253. The second-order valence-corrected chi connectivity index (χ2v) is 7.08. The third kappa shape index (κ3) is 3.68. The molecule has 2 aromatic carbocycles. The molecule has 6 nitrogen and oxygen atoms in total. The van der Waals surface area contributed by atoms with Crippen LogP contribution in [0.15, 0.2) is 42.5 Å². The summed E-state index contributed by atoms with van der Waals surface area (Å²) in [5.41, 5.74) is 3.89. The summed E-state index contributed by atoms with van der Waals surface area (Å²) >= 11 is 6.31. The summed E-state index contributed by atoms with van der Waals surface area (Å²) in [6.07, 6.45) is 0.801. The number of anilines is 1. The van der Waals surface area contributed by atoms with Crippen LogP contribution in [0.25, 0.3) is 5.69 Å². The van der Waals surface area contributed by atoms with E-state index < -0.39 is 0 Å². The quantitative estimate of drug-likeness (QED) is 0.703. The van der Waals surface area contributed by atoms with Crippen molar-refractivity contribution in [3.05, 3.63) is 64.4 Å². The number of aryl methyl sites for hydroxylation is 2. The molecule has 1 aliphatic heterocycles. The molecule has 0 radical (unpaired) electrons. The first-order valence-corrected chi connectivity index (χ1v) is 9.43. The fourth-order valence-corrected chi connectivity index (χ4v) is 3.32. The van der Waals surface area contributed by atoms with E-state index in [1.165, 1.54) is 0 Å². The Kier molecular flexibility index (Phi) is 4.96. The van der Waals surface area contributed by atoms with Crippen LogP contribution in [0.2, 0.25) is 5.02 Å². The smallest absolute Gasteiger partial charge is 0.255 e. The lowest BCUT2D eigenvalue weighted by atomic mass is 10.2. The Balaban J connectivity index is 1.54. The summed E-state index contributed by atoms with van der Waals surface area (Å²) < 4.78 is 13.1. The second-order valence-electron chi connectivity index (χ2n) is 6.67. The monoisotopic (exact) mass is 397 g/mol. The van der Waals surface area contributed by atoms with Gasteiger partial charge in [-0.05, 0) is 44.2 Å². The van der Waals surface area contributed by atoms with Crippen molar-refractivity contribution < 1.29 is 14.3 Å². The molecular formula is C21H20ClN3O3. The third-order valence-corrected chi connectivity index (χ3v) is 4.78. The molecule has 0 aliphatic carbocycles. The Morgan fingerprint density at radius 1 is 1.07 bits per heavy atom. The Morgan fingerprint density at radius 2 is 1.75 bits per heavy atom. The number of nitrogens with one attached hydrogen (secondary N) is 1. The highest BCUT2D eigenvalue weighted by molar-refractivity contribution is 6.34. The van der Waals surface area contributed by atoms with Crippen LogP contribution >= 0.6 is 11.6 Å². The zero-order valence-electron chi connectivity index (χ0n) is 15.7. The molecule has 0 saturated carbocycles. The van der Waals surface area contributed by atoms with Crippen molar-refractivity contribution >= 4 is 23.2 Å². The number of benzene rings is 2. The molecule has 0 unspecified atom stereocenters.